The molecule has 1 aliphatic rings. The summed E-state index contributed by atoms with van der Waals surface area (Å²) >= 11 is 0. The molecule has 5 nitrogen and oxygen atoms in total. The van der Waals surface area contributed by atoms with E-state index in [0.717, 1.165) is 36.8 Å². The summed E-state index contributed by atoms with van der Waals surface area (Å²) in [6.45, 7) is 2.97. The lowest BCUT2D eigenvalue weighted by Gasteiger charge is -2.15. The number of hydrogen-bond donors (Lipinski definition) is 2. The molecule has 1 aromatic heterocycles. The number of carboxylic acids is 1. The number of nitrogen functional groups attached to an aromatic ring is 1. The third-order valence-electron chi connectivity index (χ3n) is 3.03. The summed E-state index contributed by atoms with van der Waals surface area (Å²) in [6, 6.07) is 1.90. The van der Waals surface area contributed by atoms with Crippen LogP contribution in [0.25, 0.3) is 6.08 Å². The molecule has 2 rings (SSSR count). The fraction of sp³-hybridized carbons (Fsp3) is 0.385. The number of anilines is 1. The molecule has 0 aromatic carbocycles. The van der Waals surface area contributed by atoms with E-state index >= 15 is 0 Å². The van der Waals surface area contributed by atoms with Gasteiger partial charge in [0.15, 0.2) is 0 Å². The van der Waals surface area contributed by atoms with Gasteiger partial charge in [0.25, 0.3) is 0 Å². The number of likely N-dealkylation sites (tertiary alicyclic amines) is 1. The number of carbonyl (C=O) groups is 1. The van der Waals surface area contributed by atoms with E-state index in [1.54, 1.807) is 6.20 Å². The number of pyridine rings is 1. The maximum Gasteiger partial charge on any atom is 0.328 e. The summed E-state index contributed by atoms with van der Waals surface area (Å²) in [7, 11) is 0. The van der Waals surface area contributed by atoms with E-state index < -0.39 is 5.97 Å². The van der Waals surface area contributed by atoms with Crippen LogP contribution in [0.4, 0.5) is 5.82 Å². The molecule has 1 aromatic rings. The van der Waals surface area contributed by atoms with Crippen molar-refractivity contribution in [3.63, 3.8) is 0 Å². The van der Waals surface area contributed by atoms with E-state index in [1.807, 2.05) is 6.07 Å². The van der Waals surface area contributed by atoms with Crippen LogP contribution in [0.15, 0.2) is 18.3 Å². The van der Waals surface area contributed by atoms with Crippen molar-refractivity contribution in [3.05, 3.63) is 29.5 Å². The third-order valence-corrected chi connectivity index (χ3v) is 3.03. The second-order valence-electron chi connectivity index (χ2n) is 4.47. The van der Waals surface area contributed by atoms with Gasteiger partial charge < -0.3 is 10.8 Å². The average molecular weight is 247 g/mol. The second kappa shape index (κ2) is 5.64. The molecule has 1 aliphatic heterocycles. The Kier molecular flexibility index (Phi) is 3.94. The largest absolute Gasteiger partial charge is 0.478 e. The predicted octanol–water partition coefficient (Wildman–Crippen LogP) is 1.36. The van der Waals surface area contributed by atoms with Crippen molar-refractivity contribution in [2.75, 3.05) is 18.8 Å². The minimum absolute atomic E-state index is 0.523. The maximum atomic E-state index is 10.5. The Bertz CT molecular complexity index is 465. The highest BCUT2D eigenvalue weighted by atomic mass is 16.4. The summed E-state index contributed by atoms with van der Waals surface area (Å²) in [5.41, 5.74) is 7.57. The minimum Gasteiger partial charge on any atom is -0.478 e. The number of aliphatic carboxylic acids is 1. The van der Waals surface area contributed by atoms with Gasteiger partial charge >= 0.3 is 5.97 Å². The van der Waals surface area contributed by atoms with Gasteiger partial charge in [-0.2, -0.15) is 0 Å². The van der Waals surface area contributed by atoms with Gasteiger partial charge in [-0.25, -0.2) is 9.78 Å². The molecule has 0 bridgehead atoms. The Morgan fingerprint density at radius 3 is 2.89 bits per heavy atom. The van der Waals surface area contributed by atoms with Gasteiger partial charge in [0.1, 0.15) is 5.82 Å². The van der Waals surface area contributed by atoms with Crippen molar-refractivity contribution >= 4 is 17.9 Å². The molecule has 0 aliphatic carbocycles. The Hall–Kier alpha value is -1.88. The Balaban J connectivity index is 2.12. The van der Waals surface area contributed by atoms with Gasteiger partial charge in [0, 0.05) is 24.4 Å². The third kappa shape index (κ3) is 3.30. The number of nitrogens with two attached hydrogens (primary N) is 1. The molecule has 2 heterocycles. The second-order valence-corrected chi connectivity index (χ2v) is 4.47. The van der Waals surface area contributed by atoms with Gasteiger partial charge in [-0.1, -0.05) is 0 Å². The minimum atomic E-state index is -0.965. The lowest BCUT2D eigenvalue weighted by Crippen LogP contribution is -2.19. The van der Waals surface area contributed by atoms with Gasteiger partial charge in [0.2, 0.25) is 0 Å². The topological polar surface area (TPSA) is 79.4 Å². The van der Waals surface area contributed by atoms with Crippen molar-refractivity contribution in [3.8, 4) is 0 Å². The van der Waals surface area contributed by atoms with Crippen LogP contribution in [0.1, 0.15) is 24.0 Å². The van der Waals surface area contributed by atoms with Crippen LogP contribution in [-0.2, 0) is 11.3 Å². The molecule has 1 saturated heterocycles. The van der Waals surface area contributed by atoms with Gasteiger partial charge in [0.05, 0.1) is 0 Å². The first kappa shape index (κ1) is 12.6. The quantitative estimate of drug-likeness (QED) is 0.785. The van der Waals surface area contributed by atoms with E-state index in [-0.39, 0.29) is 0 Å². The summed E-state index contributed by atoms with van der Waals surface area (Å²) < 4.78 is 0. The van der Waals surface area contributed by atoms with Crippen molar-refractivity contribution in [2.24, 2.45) is 0 Å². The molecular formula is C13H17N3O2. The highest BCUT2D eigenvalue weighted by Crippen LogP contribution is 2.17. The molecule has 96 valence electrons. The highest BCUT2D eigenvalue weighted by molar-refractivity contribution is 5.85. The molecule has 0 unspecified atom stereocenters. The van der Waals surface area contributed by atoms with E-state index in [0.29, 0.717) is 5.82 Å². The molecule has 5 heteroatoms. The zero-order valence-electron chi connectivity index (χ0n) is 10.2. The zero-order valence-corrected chi connectivity index (χ0v) is 10.2. The number of aromatic nitrogens is 1. The fourth-order valence-corrected chi connectivity index (χ4v) is 2.11. The number of carboxylic acid groups (broad SMARTS) is 1. The molecule has 0 amide bonds. The van der Waals surface area contributed by atoms with E-state index in [4.69, 9.17) is 10.8 Å². The SMILES string of the molecule is Nc1ncc(/C=C/C(=O)O)cc1CN1CCCC1. The molecule has 18 heavy (non-hydrogen) atoms. The molecule has 0 atom stereocenters. The first-order chi connectivity index (χ1) is 8.65. The van der Waals surface area contributed by atoms with Gasteiger partial charge in [-0.15, -0.1) is 0 Å². The molecule has 3 N–H and O–H groups in total. The lowest BCUT2D eigenvalue weighted by atomic mass is 10.1. The van der Waals surface area contributed by atoms with E-state index in [2.05, 4.69) is 9.88 Å². The summed E-state index contributed by atoms with van der Waals surface area (Å²) in [5, 5.41) is 8.59. The average Bonchev–Trinajstić information content (AvgIpc) is 2.83. The van der Waals surface area contributed by atoms with Crippen molar-refractivity contribution in [2.45, 2.75) is 19.4 Å². The van der Waals surface area contributed by atoms with Crippen LogP contribution < -0.4 is 5.73 Å². The molecule has 1 fully saturated rings. The summed E-state index contributed by atoms with van der Waals surface area (Å²) in [5.74, 6) is -0.442. The van der Waals surface area contributed by atoms with Crippen molar-refractivity contribution in [1.82, 2.24) is 9.88 Å². The number of hydrogen-bond acceptors (Lipinski definition) is 4. The van der Waals surface area contributed by atoms with Crippen LogP contribution >= 0.6 is 0 Å². The molecule has 0 saturated carbocycles. The monoisotopic (exact) mass is 247 g/mol. The maximum absolute atomic E-state index is 10.5. The van der Waals surface area contributed by atoms with Crippen LogP contribution in [0.2, 0.25) is 0 Å². The fourth-order valence-electron chi connectivity index (χ4n) is 2.11. The smallest absolute Gasteiger partial charge is 0.328 e. The Morgan fingerprint density at radius 2 is 2.22 bits per heavy atom. The summed E-state index contributed by atoms with van der Waals surface area (Å²) in [4.78, 5) is 16.9. The van der Waals surface area contributed by atoms with Gasteiger partial charge in [-0.05, 0) is 43.6 Å². The highest BCUT2D eigenvalue weighted by Gasteiger charge is 2.13. The van der Waals surface area contributed by atoms with Crippen molar-refractivity contribution in [1.29, 1.82) is 0 Å². The standard InChI is InChI=1S/C13H17N3O2/c14-13-11(9-16-5-1-2-6-16)7-10(8-15-13)3-4-12(17)18/h3-4,7-8H,1-2,5-6,9H2,(H2,14,15)(H,17,18)/b4-3+. The lowest BCUT2D eigenvalue weighted by molar-refractivity contribution is -0.131. The number of rotatable bonds is 4. The van der Waals surface area contributed by atoms with Crippen LogP contribution in [0.5, 0.6) is 0 Å². The number of nitrogens with zero attached hydrogens (tertiary/aromatic N) is 2. The molecular weight excluding hydrogens is 230 g/mol. The zero-order chi connectivity index (χ0) is 13.0. The van der Waals surface area contributed by atoms with Crippen molar-refractivity contribution < 1.29 is 9.90 Å². The Morgan fingerprint density at radius 1 is 1.50 bits per heavy atom. The van der Waals surface area contributed by atoms with E-state index in [9.17, 15) is 4.79 Å². The van der Waals surface area contributed by atoms with Gasteiger partial charge in [-0.3, -0.25) is 4.90 Å². The van der Waals surface area contributed by atoms with Crippen LogP contribution in [-0.4, -0.2) is 34.0 Å². The van der Waals surface area contributed by atoms with Crippen LogP contribution in [0.3, 0.4) is 0 Å². The molecule has 0 spiro atoms. The summed E-state index contributed by atoms with van der Waals surface area (Å²) in [6.07, 6.45) is 6.68. The Labute approximate surface area is 106 Å². The first-order valence-corrected chi connectivity index (χ1v) is 6.03. The van der Waals surface area contributed by atoms with E-state index in [1.165, 1.54) is 18.9 Å². The molecule has 0 radical (unpaired) electrons. The normalized spacial score (nSPS) is 16.4. The van der Waals surface area contributed by atoms with Crippen LogP contribution in [0, 0.1) is 0 Å². The predicted molar refractivity (Wildman–Crippen MR) is 69.8 cm³/mol. The first-order valence-electron chi connectivity index (χ1n) is 6.03.